The molecule has 0 radical (unpaired) electrons. The second kappa shape index (κ2) is 7.55. The van der Waals surface area contributed by atoms with E-state index in [4.69, 9.17) is 0 Å². The maximum Gasteiger partial charge on any atom is 0.279 e. The minimum atomic E-state index is -3.44. The topological polar surface area (TPSA) is 52.7 Å². The average Bonchev–Trinajstić information content (AvgIpc) is 3.05. The van der Waals surface area contributed by atoms with Crippen molar-refractivity contribution >= 4 is 15.9 Å². The van der Waals surface area contributed by atoms with Crippen LogP contribution in [-0.4, -0.2) is 45.4 Å². The molecule has 8 heteroatoms. The van der Waals surface area contributed by atoms with Gasteiger partial charge in [0.15, 0.2) is 11.6 Å². The molecule has 0 spiro atoms. The predicted octanol–water partition coefficient (Wildman–Crippen LogP) is 2.36. The van der Waals surface area contributed by atoms with Gasteiger partial charge in [0.05, 0.1) is 0 Å². The molecule has 140 valence electrons. The summed E-state index contributed by atoms with van der Waals surface area (Å²) in [6, 6.07) is 3.87. The van der Waals surface area contributed by atoms with Crippen LogP contribution in [0.5, 0.6) is 0 Å². The van der Waals surface area contributed by atoms with E-state index in [2.05, 4.69) is 11.6 Å². The van der Waals surface area contributed by atoms with Gasteiger partial charge < -0.3 is 4.90 Å². The lowest BCUT2D eigenvalue weighted by molar-refractivity contribution is 0.277. The Hall–Kier alpha value is -1.25. The molecule has 0 amide bonds. The zero-order chi connectivity index (χ0) is 18.0. The molecule has 2 heterocycles. The molecule has 25 heavy (non-hydrogen) atoms. The third-order valence-corrected chi connectivity index (χ3v) is 6.61. The Morgan fingerprint density at radius 1 is 1.16 bits per heavy atom. The van der Waals surface area contributed by atoms with E-state index in [1.54, 1.807) is 6.07 Å². The minimum Gasteiger partial charge on any atom is -0.371 e. The van der Waals surface area contributed by atoms with E-state index in [0.717, 1.165) is 25.3 Å². The van der Waals surface area contributed by atoms with Crippen LogP contribution in [-0.2, 0) is 10.2 Å². The fourth-order valence-corrected chi connectivity index (χ4v) is 5.04. The van der Waals surface area contributed by atoms with Gasteiger partial charge in [-0.25, -0.2) is 13.5 Å². The summed E-state index contributed by atoms with van der Waals surface area (Å²) >= 11 is 0. The van der Waals surface area contributed by atoms with Crippen molar-refractivity contribution in [3.63, 3.8) is 0 Å². The van der Waals surface area contributed by atoms with Gasteiger partial charge in [0.1, 0.15) is 0 Å². The summed E-state index contributed by atoms with van der Waals surface area (Å²) in [5.74, 6) is -1.17. The lowest BCUT2D eigenvalue weighted by Crippen LogP contribution is -2.46. The Bertz CT molecular complexity index is 714. The third-order valence-electron chi connectivity index (χ3n) is 5.07. The Kier molecular flexibility index (Phi) is 5.60. The number of piperidine rings is 1. The molecule has 2 aliphatic rings. The van der Waals surface area contributed by atoms with Crippen LogP contribution in [0.2, 0.25) is 0 Å². The third kappa shape index (κ3) is 4.48. The maximum atomic E-state index is 13.4. The van der Waals surface area contributed by atoms with E-state index < -0.39 is 21.8 Å². The van der Waals surface area contributed by atoms with E-state index in [9.17, 15) is 17.2 Å². The van der Waals surface area contributed by atoms with Gasteiger partial charge in [0, 0.05) is 44.5 Å². The van der Waals surface area contributed by atoms with Crippen molar-refractivity contribution < 1.29 is 17.2 Å². The smallest absolute Gasteiger partial charge is 0.279 e. The molecule has 0 bridgehead atoms. The number of anilines is 1. The lowest BCUT2D eigenvalue weighted by Gasteiger charge is -2.30. The normalized spacial score (nSPS) is 25.5. The SMILES string of the molecule is C[C@H]1CCCN(S(=O)(=O)NC[C@H]2CCN(c3ccc(F)c(F)c3)C2)C1. The Balaban J connectivity index is 1.53. The summed E-state index contributed by atoms with van der Waals surface area (Å²) in [7, 11) is -3.44. The first-order valence-corrected chi connectivity index (χ1v) is 10.2. The van der Waals surface area contributed by atoms with Crippen LogP contribution < -0.4 is 9.62 Å². The van der Waals surface area contributed by atoms with Crippen LogP contribution >= 0.6 is 0 Å². The fourth-order valence-electron chi connectivity index (χ4n) is 3.59. The molecular weight excluding hydrogens is 348 g/mol. The highest BCUT2D eigenvalue weighted by atomic mass is 32.2. The Morgan fingerprint density at radius 3 is 2.68 bits per heavy atom. The van der Waals surface area contributed by atoms with Crippen LogP contribution in [0.15, 0.2) is 18.2 Å². The zero-order valence-electron chi connectivity index (χ0n) is 14.4. The molecule has 1 aromatic carbocycles. The van der Waals surface area contributed by atoms with Gasteiger partial charge in [-0.1, -0.05) is 6.92 Å². The Morgan fingerprint density at radius 2 is 1.96 bits per heavy atom. The minimum absolute atomic E-state index is 0.158. The highest BCUT2D eigenvalue weighted by molar-refractivity contribution is 7.87. The van der Waals surface area contributed by atoms with Gasteiger partial charge in [-0.3, -0.25) is 0 Å². The predicted molar refractivity (Wildman–Crippen MR) is 93.6 cm³/mol. The summed E-state index contributed by atoms with van der Waals surface area (Å²) in [5, 5.41) is 0. The highest BCUT2D eigenvalue weighted by Gasteiger charge is 2.29. The molecule has 1 N–H and O–H groups in total. The van der Waals surface area contributed by atoms with Crippen LogP contribution in [0.3, 0.4) is 0 Å². The second-order valence-electron chi connectivity index (χ2n) is 7.16. The van der Waals surface area contributed by atoms with Crippen LogP contribution in [0.25, 0.3) is 0 Å². The molecule has 3 rings (SSSR count). The molecular formula is C17H25F2N3O2S. The standard InChI is InChI=1S/C17H25F2N3O2S/c1-13-3-2-7-22(11-13)25(23,24)20-10-14-6-8-21(12-14)15-4-5-16(18)17(19)9-15/h4-5,9,13-14,20H,2-3,6-8,10-12H2,1H3/t13-,14+/m0/s1. The van der Waals surface area contributed by atoms with Gasteiger partial charge in [-0.2, -0.15) is 12.7 Å². The fraction of sp³-hybridized carbons (Fsp3) is 0.647. The van der Waals surface area contributed by atoms with E-state index in [-0.39, 0.29) is 5.92 Å². The molecule has 2 atom stereocenters. The van der Waals surface area contributed by atoms with Crippen molar-refractivity contribution in [1.29, 1.82) is 0 Å². The van der Waals surface area contributed by atoms with Crippen molar-refractivity contribution in [1.82, 2.24) is 9.03 Å². The first kappa shape index (κ1) is 18.5. The number of nitrogens with one attached hydrogen (secondary N) is 1. The Labute approximate surface area is 148 Å². The van der Waals surface area contributed by atoms with Gasteiger partial charge >= 0.3 is 0 Å². The molecule has 2 saturated heterocycles. The quantitative estimate of drug-likeness (QED) is 0.862. The summed E-state index contributed by atoms with van der Waals surface area (Å²) in [6.07, 6.45) is 2.78. The zero-order valence-corrected chi connectivity index (χ0v) is 15.2. The number of halogens is 2. The first-order valence-electron chi connectivity index (χ1n) is 8.80. The van der Waals surface area contributed by atoms with E-state index in [0.29, 0.717) is 44.3 Å². The highest BCUT2D eigenvalue weighted by Crippen LogP contribution is 2.25. The van der Waals surface area contributed by atoms with Gasteiger partial charge in [0.2, 0.25) is 0 Å². The van der Waals surface area contributed by atoms with Crippen molar-refractivity contribution in [2.24, 2.45) is 11.8 Å². The number of rotatable bonds is 5. The van der Waals surface area contributed by atoms with Crippen molar-refractivity contribution in [3.05, 3.63) is 29.8 Å². The summed E-state index contributed by atoms with van der Waals surface area (Å²) in [4.78, 5) is 1.96. The molecule has 5 nitrogen and oxygen atoms in total. The first-order chi connectivity index (χ1) is 11.8. The molecule has 0 saturated carbocycles. The lowest BCUT2D eigenvalue weighted by atomic mass is 10.0. The van der Waals surface area contributed by atoms with E-state index in [1.807, 2.05) is 4.90 Å². The molecule has 0 aromatic heterocycles. The largest absolute Gasteiger partial charge is 0.371 e. The second-order valence-corrected chi connectivity index (χ2v) is 8.91. The maximum absolute atomic E-state index is 13.4. The van der Waals surface area contributed by atoms with Gasteiger partial charge in [-0.05, 0) is 43.2 Å². The molecule has 1 aromatic rings. The molecule has 0 aliphatic carbocycles. The van der Waals surface area contributed by atoms with Crippen LogP contribution in [0, 0.1) is 23.5 Å². The van der Waals surface area contributed by atoms with Crippen molar-refractivity contribution in [3.8, 4) is 0 Å². The molecule has 2 fully saturated rings. The number of nitrogens with zero attached hydrogens (tertiary/aromatic N) is 2. The van der Waals surface area contributed by atoms with Crippen molar-refractivity contribution in [2.45, 2.75) is 26.2 Å². The average molecular weight is 373 g/mol. The van der Waals surface area contributed by atoms with Crippen LogP contribution in [0.4, 0.5) is 14.5 Å². The molecule has 0 unspecified atom stereocenters. The molecule has 2 aliphatic heterocycles. The van der Waals surface area contributed by atoms with E-state index in [1.165, 1.54) is 10.4 Å². The van der Waals surface area contributed by atoms with E-state index >= 15 is 0 Å². The number of benzene rings is 1. The van der Waals surface area contributed by atoms with Gasteiger partial charge in [-0.15, -0.1) is 0 Å². The monoisotopic (exact) mass is 373 g/mol. The number of hydrogen-bond acceptors (Lipinski definition) is 3. The van der Waals surface area contributed by atoms with Crippen LogP contribution in [0.1, 0.15) is 26.2 Å². The van der Waals surface area contributed by atoms with Gasteiger partial charge in [0.25, 0.3) is 10.2 Å². The van der Waals surface area contributed by atoms with Crippen molar-refractivity contribution in [2.75, 3.05) is 37.6 Å². The summed E-state index contributed by atoms with van der Waals surface area (Å²) < 4.78 is 55.5. The summed E-state index contributed by atoms with van der Waals surface area (Å²) in [5.41, 5.74) is 0.633. The number of hydrogen-bond donors (Lipinski definition) is 1. The summed E-state index contributed by atoms with van der Waals surface area (Å²) in [6.45, 7) is 4.92.